The van der Waals surface area contributed by atoms with E-state index in [2.05, 4.69) is 10.3 Å². The highest BCUT2D eigenvalue weighted by atomic mass is 16.5. The fourth-order valence-electron chi connectivity index (χ4n) is 1.48. The fraction of sp³-hybridized carbons (Fsp3) is 0.300. The molecule has 2 heterocycles. The Labute approximate surface area is 80.9 Å². The van der Waals surface area contributed by atoms with Crippen molar-refractivity contribution in [1.82, 2.24) is 10.3 Å². The molecule has 0 amide bonds. The maximum atomic E-state index is 5.73. The molecule has 3 rings (SSSR count). The molecule has 0 radical (unpaired) electrons. The summed E-state index contributed by atoms with van der Waals surface area (Å²) >= 11 is 0. The maximum absolute atomic E-state index is 5.73. The second-order valence-electron chi connectivity index (χ2n) is 3.35. The van der Waals surface area contributed by atoms with E-state index in [-0.39, 0.29) is 6.10 Å². The first-order chi connectivity index (χ1) is 6.93. The number of hydrogen-bond acceptors (Lipinski definition) is 4. The van der Waals surface area contributed by atoms with Crippen LogP contribution in [0.2, 0.25) is 0 Å². The van der Waals surface area contributed by atoms with Crippen molar-refractivity contribution in [1.29, 1.82) is 0 Å². The number of oxazole rings is 1. The molecule has 1 saturated heterocycles. The van der Waals surface area contributed by atoms with Gasteiger partial charge in [0.05, 0.1) is 0 Å². The van der Waals surface area contributed by atoms with Gasteiger partial charge in [0.25, 0.3) is 0 Å². The van der Waals surface area contributed by atoms with E-state index in [1.807, 2.05) is 18.2 Å². The minimum Gasteiger partial charge on any atom is -0.484 e. The summed E-state index contributed by atoms with van der Waals surface area (Å²) in [5, 5.41) is 3.15. The Balaban J connectivity index is 1.97. The van der Waals surface area contributed by atoms with E-state index in [0.717, 1.165) is 29.9 Å². The van der Waals surface area contributed by atoms with E-state index in [0.29, 0.717) is 0 Å². The number of ether oxygens (including phenoxy) is 1. The van der Waals surface area contributed by atoms with Gasteiger partial charge in [-0.05, 0) is 12.1 Å². The summed E-state index contributed by atoms with van der Waals surface area (Å²) < 4.78 is 11.0. The molecule has 1 aliphatic rings. The van der Waals surface area contributed by atoms with Crippen LogP contribution in [0, 0.1) is 0 Å². The minimum atomic E-state index is 0.269. The zero-order valence-corrected chi connectivity index (χ0v) is 7.56. The Hall–Kier alpha value is -1.55. The number of nitrogens with zero attached hydrogens (tertiary/aromatic N) is 1. The van der Waals surface area contributed by atoms with Crippen molar-refractivity contribution in [3.63, 3.8) is 0 Å². The first kappa shape index (κ1) is 7.82. The Bertz CT molecular complexity index is 448. The van der Waals surface area contributed by atoms with Crippen LogP contribution in [0.15, 0.2) is 29.0 Å². The average molecular weight is 190 g/mol. The van der Waals surface area contributed by atoms with Crippen LogP contribution in [-0.2, 0) is 0 Å². The highest BCUT2D eigenvalue weighted by Crippen LogP contribution is 2.25. The van der Waals surface area contributed by atoms with Crippen molar-refractivity contribution in [2.24, 2.45) is 0 Å². The van der Waals surface area contributed by atoms with Crippen molar-refractivity contribution in [2.75, 3.05) is 13.1 Å². The zero-order chi connectivity index (χ0) is 9.38. The lowest BCUT2D eigenvalue weighted by Crippen LogP contribution is -2.50. The molecule has 0 spiro atoms. The summed E-state index contributed by atoms with van der Waals surface area (Å²) in [5.41, 5.74) is 1.58. The molecule has 1 fully saturated rings. The second kappa shape index (κ2) is 2.99. The lowest BCUT2D eigenvalue weighted by atomic mass is 10.2. The number of para-hydroxylation sites is 1. The molecule has 4 nitrogen and oxygen atoms in total. The third kappa shape index (κ3) is 1.15. The average Bonchev–Trinajstić information content (AvgIpc) is 2.59. The van der Waals surface area contributed by atoms with Crippen molar-refractivity contribution in [2.45, 2.75) is 6.10 Å². The van der Waals surface area contributed by atoms with Crippen molar-refractivity contribution < 1.29 is 9.15 Å². The molecule has 1 aliphatic heterocycles. The van der Waals surface area contributed by atoms with E-state index in [1.54, 1.807) is 0 Å². The largest absolute Gasteiger partial charge is 0.484 e. The number of hydrogen-bond donors (Lipinski definition) is 1. The van der Waals surface area contributed by atoms with Crippen LogP contribution in [0.1, 0.15) is 0 Å². The molecular formula is C10H10N2O2. The smallest absolute Gasteiger partial charge is 0.196 e. The lowest BCUT2D eigenvalue weighted by molar-refractivity contribution is 0.142. The molecule has 0 saturated carbocycles. The van der Waals surface area contributed by atoms with Crippen molar-refractivity contribution >= 4 is 11.1 Å². The zero-order valence-electron chi connectivity index (χ0n) is 7.56. The molecule has 1 N–H and O–H groups in total. The SMILES string of the molecule is c1cc(OC2CNC2)c2ocnc2c1. The quantitative estimate of drug-likeness (QED) is 0.772. The number of benzene rings is 1. The summed E-state index contributed by atoms with van der Waals surface area (Å²) in [6.45, 7) is 1.81. The summed E-state index contributed by atoms with van der Waals surface area (Å²) in [6.07, 6.45) is 1.71. The third-order valence-electron chi connectivity index (χ3n) is 2.36. The summed E-state index contributed by atoms with van der Waals surface area (Å²) in [7, 11) is 0. The fourth-order valence-corrected chi connectivity index (χ4v) is 1.48. The number of rotatable bonds is 2. The molecule has 72 valence electrons. The predicted octanol–water partition coefficient (Wildman–Crippen LogP) is 1.18. The van der Waals surface area contributed by atoms with Crippen molar-refractivity contribution in [3.8, 4) is 5.75 Å². The van der Waals surface area contributed by atoms with Gasteiger partial charge in [0, 0.05) is 13.1 Å². The first-order valence-electron chi connectivity index (χ1n) is 4.63. The van der Waals surface area contributed by atoms with Gasteiger partial charge in [0.15, 0.2) is 17.7 Å². The van der Waals surface area contributed by atoms with Crippen LogP contribution >= 0.6 is 0 Å². The van der Waals surface area contributed by atoms with Crippen LogP contribution in [0.5, 0.6) is 5.75 Å². The second-order valence-corrected chi connectivity index (χ2v) is 3.35. The highest BCUT2D eigenvalue weighted by Gasteiger charge is 2.19. The molecule has 0 atom stereocenters. The van der Waals surface area contributed by atoms with E-state index >= 15 is 0 Å². The predicted molar refractivity (Wildman–Crippen MR) is 51.3 cm³/mol. The lowest BCUT2D eigenvalue weighted by Gasteiger charge is -2.27. The van der Waals surface area contributed by atoms with Gasteiger partial charge in [0.2, 0.25) is 0 Å². The van der Waals surface area contributed by atoms with Gasteiger partial charge in [-0.25, -0.2) is 4.98 Å². The third-order valence-corrected chi connectivity index (χ3v) is 2.36. The van der Waals surface area contributed by atoms with Crippen LogP contribution in [-0.4, -0.2) is 24.2 Å². The van der Waals surface area contributed by atoms with Crippen molar-refractivity contribution in [3.05, 3.63) is 24.6 Å². The molecule has 1 aromatic heterocycles. The maximum Gasteiger partial charge on any atom is 0.196 e. The monoisotopic (exact) mass is 190 g/mol. The molecule has 14 heavy (non-hydrogen) atoms. The number of aromatic nitrogens is 1. The molecule has 0 aliphatic carbocycles. The molecule has 2 aromatic rings. The molecule has 0 bridgehead atoms. The molecule has 4 heteroatoms. The molecular weight excluding hydrogens is 180 g/mol. The summed E-state index contributed by atoms with van der Waals surface area (Å²) in [4.78, 5) is 4.07. The van der Waals surface area contributed by atoms with Crippen LogP contribution in [0.4, 0.5) is 0 Å². The van der Waals surface area contributed by atoms with Gasteiger partial charge in [-0.3, -0.25) is 0 Å². The van der Waals surface area contributed by atoms with E-state index in [4.69, 9.17) is 9.15 Å². The summed E-state index contributed by atoms with van der Waals surface area (Å²) in [5.74, 6) is 0.784. The van der Waals surface area contributed by atoms with E-state index < -0.39 is 0 Å². The Morgan fingerprint density at radius 2 is 2.36 bits per heavy atom. The van der Waals surface area contributed by atoms with E-state index in [1.165, 1.54) is 6.39 Å². The van der Waals surface area contributed by atoms with Crippen LogP contribution in [0.25, 0.3) is 11.1 Å². The topological polar surface area (TPSA) is 47.3 Å². The minimum absolute atomic E-state index is 0.269. The van der Waals surface area contributed by atoms with Gasteiger partial charge in [-0.1, -0.05) is 6.07 Å². The van der Waals surface area contributed by atoms with Crippen LogP contribution in [0.3, 0.4) is 0 Å². The van der Waals surface area contributed by atoms with Gasteiger partial charge >= 0.3 is 0 Å². The normalized spacial score (nSPS) is 16.9. The van der Waals surface area contributed by atoms with E-state index in [9.17, 15) is 0 Å². The standard InChI is InChI=1S/C10H10N2O2/c1-2-8-10(13-6-12-8)9(3-1)14-7-4-11-5-7/h1-3,6-7,11H,4-5H2. The summed E-state index contributed by atoms with van der Waals surface area (Å²) in [6, 6.07) is 5.74. The Morgan fingerprint density at radius 1 is 1.43 bits per heavy atom. The van der Waals surface area contributed by atoms with Gasteiger partial charge < -0.3 is 14.5 Å². The number of fused-ring (bicyclic) bond motifs is 1. The van der Waals surface area contributed by atoms with Crippen LogP contribution < -0.4 is 10.1 Å². The molecule has 0 unspecified atom stereocenters. The molecule has 1 aromatic carbocycles. The Morgan fingerprint density at radius 3 is 3.14 bits per heavy atom. The number of nitrogens with one attached hydrogen (secondary N) is 1. The van der Waals surface area contributed by atoms with Gasteiger partial charge in [0.1, 0.15) is 11.6 Å². The van der Waals surface area contributed by atoms with Gasteiger partial charge in [-0.15, -0.1) is 0 Å². The van der Waals surface area contributed by atoms with Gasteiger partial charge in [-0.2, -0.15) is 0 Å². The Kier molecular flexibility index (Phi) is 1.67. The first-order valence-corrected chi connectivity index (χ1v) is 4.63. The highest BCUT2D eigenvalue weighted by molar-refractivity contribution is 5.78.